The third-order valence-electron chi connectivity index (χ3n) is 3.04. The highest BCUT2D eigenvalue weighted by atomic mass is 35.5. The summed E-state index contributed by atoms with van der Waals surface area (Å²) < 4.78 is 0. The van der Waals surface area contributed by atoms with Crippen molar-refractivity contribution in [1.29, 1.82) is 0 Å². The monoisotopic (exact) mass is 267 g/mol. The van der Waals surface area contributed by atoms with Crippen molar-refractivity contribution in [2.75, 3.05) is 11.4 Å². The molecule has 1 aromatic carbocycles. The summed E-state index contributed by atoms with van der Waals surface area (Å²) >= 11 is 6.26. The maximum absolute atomic E-state index is 10.7. The number of hydrogen-bond acceptors (Lipinski definition) is 2. The zero-order chi connectivity index (χ0) is 13.5. The van der Waals surface area contributed by atoms with E-state index in [9.17, 15) is 4.79 Å². The van der Waals surface area contributed by atoms with Crippen LogP contribution in [-0.4, -0.2) is 18.9 Å². The second-order valence-electron chi connectivity index (χ2n) is 4.82. The van der Waals surface area contributed by atoms with Gasteiger partial charge < -0.3 is 4.90 Å². The lowest BCUT2D eigenvalue weighted by molar-refractivity contribution is 0.112. The van der Waals surface area contributed by atoms with Crippen LogP contribution >= 0.6 is 11.6 Å². The number of nitrogens with zero attached hydrogens (tertiary/aromatic N) is 1. The minimum atomic E-state index is 0.404. The van der Waals surface area contributed by atoms with Crippen LogP contribution in [-0.2, 0) is 0 Å². The van der Waals surface area contributed by atoms with Crippen molar-refractivity contribution in [3.63, 3.8) is 0 Å². The first-order chi connectivity index (χ1) is 8.60. The summed E-state index contributed by atoms with van der Waals surface area (Å²) in [6, 6.07) is 5.90. The van der Waals surface area contributed by atoms with Crippen molar-refractivity contribution in [1.82, 2.24) is 0 Å². The van der Waals surface area contributed by atoms with E-state index >= 15 is 0 Å². The van der Waals surface area contributed by atoms with Crippen LogP contribution in [0.4, 0.5) is 5.69 Å². The smallest absolute Gasteiger partial charge is 0.150 e. The van der Waals surface area contributed by atoms with E-state index in [0.717, 1.165) is 18.5 Å². The third kappa shape index (κ3) is 4.02. The molecular formula is C15H22ClNO. The fourth-order valence-corrected chi connectivity index (χ4v) is 2.32. The molecule has 0 aromatic heterocycles. The predicted octanol–water partition coefficient (Wildman–Crippen LogP) is 4.56. The van der Waals surface area contributed by atoms with Crippen LogP contribution in [0.25, 0.3) is 0 Å². The molecule has 3 heteroatoms. The largest absolute Gasteiger partial charge is 0.368 e. The molecule has 0 aliphatic heterocycles. The van der Waals surface area contributed by atoms with Gasteiger partial charge >= 0.3 is 0 Å². The second-order valence-corrected chi connectivity index (χ2v) is 5.23. The molecule has 0 N–H and O–H groups in total. The van der Waals surface area contributed by atoms with Crippen molar-refractivity contribution in [2.24, 2.45) is 0 Å². The first-order valence-electron chi connectivity index (χ1n) is 6.61. The highest BCUT2D eigenvalue weighted by Crippen LogP contribution is 2.28. The Hall–Kier alpha value is -1.02. The summed E-state index contributed by atoms with van der Waals surface area (Å²) in [4.78, 5) is 13.0. The molecule has 1 aromatic rings. The van der Waals surface area contributed by atoms with Gasteiger partial charge in [0.05, 0.1) is 10.7 Å². The molecule has 2 nitrogen and oxygen atoms in total. The van der Waals surface area contributed by atoms with Gasteiger partial charge in [-0.1, -0.05) is 31.4 Å². The predicted molar refractivity (Wildman–Crippen MR) is 78.8 cm³/mol. The maximum atomic E-state index is 10.7. The van der Waals surface area contributed by atoms with Gasteiger partial charge in [0.1, 0.15) is 6.29 Å². The van der Waals surface area contributed by atoms with Crippen LogP contribution in [0.2, 0.25) is 5.02 Å². The number of aldehydes is 1. The van der Waals surface area contributed by atoms with E-state index < -0.39 is 0 Å². The summed E-state index contributed by atoms with van der Waals surface area (Å²) in [6.07, 6.45) is 4.43. The van der Waals surface area contributed by atoms with Crippen molar-refractivity contribution in [3.05, 3.63) is 28.8 Å². The topological polar surface area (TPSA) is 20.3 Å². The number of carbonyl (C=O) groups is 1. The average Bonchev–Trinajstić information content (AvgIpc) is 2.35. The minimum Gasteiger partial charge on any atom is -0.368 e. The quantitative estimate of drug-likeness (QED) is 0.533. The lowest BCUT2D eigenvalue weighted by Crippen LogP contribution is -2.32. The van der Waals surface area contributed by atoms with Crippen LogP contribution in [0.1, 0.15) is 50.4 Å². The maximum Gasteiger partial charge on any atom is 0.150 e. The molecule has 0 bridgehead atoms. The summed E-state index contributed by atoms with van der Waals surface area (Å²) in [6.45, 7) is 7.53. The third-order valence-corrected chi connectivity index (χ3v) is 3.35. The number of carbonyl (C=O) groups excluding carboxylic acids is 1. The number of rotatable bonds is 7. The number of halogens is 1. The molecule has 1 rings (SSSR count). The number of anilines is 1. The minimum absolute atomic E-state index is 0.404. The Morgan fingerprint density at radius 3 is 2.56 bits per heavy atom. The molecule has 100 valence electrons. The van der Waals surface area contributed by atoms with Crippen LogP contribution < -0.4 is 4.90 Å². The zero-order valence-electron chi connectivity index (χ0n) is 11.4. The Bertz CT molecular complexity index is 390. The molecule has 0 radical (unpaired) electrons. The van der Waals surface area contributed by atoms with Gasteiger partial charge in [-0.25, -0.2) is 0 Å². The lowest BCUT2D eigenvalue weighted by Gasteiger charge is -2.30. The Morgan fingerprint density at radius 2 is 2.06 bits per heavy atom. The molecule has 0 aliphatic rings. The van der Waals surface area contributed by atoms with E-state index in [2.05, 4.69) is 25.7 Å². The van der Waals surface area contributed by atoms with Crippen molar-refractivity contribution in [2.45, 2.75) is 46.1 Å². The Labute approximate surface area is 115 Å². The van der Waals surface area contributed by atoms with Gasteiger partial charge in [0.2, 0.25) is 0 Å². The van der Waals surface area contributed by atoms with E-state index in [1.807, 2.05) is 12.1 Å². The molecule has 0 spiro atoms. The van der Waals surface area contributed by atoms with Gasteiger partial charge in [0, 0.05) is 18.2 Å². The highest BCUT2D eigenvalue weighted by Gasteiger charge is 2.13. The molecule has 0 heterocycles. The van der Waals surface area contributed by atoms with Crippen molar-refractivity contribution in [3.8, 4) is 0 Å². The SMILES string of the molecule is CCCCCN(c1ccc(C=O)cc1Cl)C(C)C. The van der Waals surface area contributed by atoms with E-state index in [1.54, 1.807) is 6.07 Å². The average molecular weight is 268 g/mol. The Kier molecular flexibility index (Phi) is 6.20. The second kappa shape index (κ2) is 7.42. The molecule has 0 saturated carbocycles. The molecule has 0 unspecified atom stereocenters. The van der Waals surface area contributed by atoms with Gasteiger partial charge in [-0.3, -0.25) is 4.79 Å². The Morgan fingerprint density at radius 1 is 1.33 bits per heavy atom. The summed E-state index contributed by atoms with van der Waals surface area (Å²) in [7, 11) is 0. The van der Waals surface area contributed by atoms with Gasteiger partial charge in [0.25, 0.3) is 0 Å². The molecule has 0 aliphatic carbocycles. The Balaban J connectivity index is 2.88. The van der Waals surface area contributed by atoms with E-state index in [1.165, 1.54) is 19.3 Å². The first-order valence-corrected chi connectivity index (χ1v) is 6.99. The molecular weight excluding hydrogens is 246 g/mol. The first kappa shape index (κ1) is 15.0. The molecule has 0 amide bonds. The fourth-order valence-electron chi connectivity index (χ4n) is 2.02. The van der Waals surface area contributed by atoms with Crippen molar-refractivity contribution < 1.29 is 4.79 Å². The van der Waals surface area contributed by atoms with Crippen LogP contribution in [0.3, 0.4) is 0 Å². The summed E-state index contributed by atoms with van der Waals surface area (Å²) in [5, 5.41) is 0.657. The van der Waals surface area contributed by atoms with E-state index in [-0.39, 0.29) is 0 Å². The molecule has 18 heavy (non-hydrogen) atoms. The van der Waals surface area contributed by atoms with Gasteiger partial charge in [-0.05, 0) is 38.5 Å². The van der Waals surface area contributed by atoms with E-state index in [0.29, 0.717) is 16.6 Å². The molecule has 0 saturated heterocycles. The standard InChI is InChI=1S/C15H22ClNO/c1-4-5-6-9-17(12(2)3)15-8-7-13(11-18)10-14(15)16/h7-8,10-12H,4-6,9H2,1-3H3. The van der Waals surface area contributed by atoms with E-state index in [4.69, 9.17) is 11.6 Å². The fraction of sp³-hybridized carbons (Fsp3) is 0.533. The summed E-state index contributed by atoms with van der Waals surface area (Å²) in [5.74, 6) is 0. The number of hydrogen-bond donors (Lipinski definition) is 0. The van der Waals surface area contributed by atoms with Crippen LogP contribution in [0, 0.1) is 0 Å². The van der Waals surface area contributed by atoms with Gasteiger partial charge in [-0.15, -0.1) is 0 Å². The van der Waals surface area contributed by atoms with Crippen LogP contribution in [0.5, 0.6) is 0 Å². The molecule has 0 fully saturated rings. The molecule has 0 atom stereocenters. The van der Waals surface area contributed by atoms with Crippen LogP contribution in [0.15, 0.2) is 18.2 Å². The van der Waals surface area contributed by atoms with Gasteiger partial charge in [0.15, 0.2) is 0 Å². The van der Waals surface area contributed by atoms with Crippen molar-refractivity contribution >= 4 is 23.6 Å². The zero-order valence-corrected chi connectivity index (χ0v) is 12.2. The lowest BCUT2D eigenvalue weighted by atomic mass is 10.1. The van der Waals surface area contributed by atoms with Gasteiger partial charge in [-0.2, -0.15) is 0 Å². The normalized spacial score (nSPS) is 10.7. The highest BCUT2D eigenvalue weighted by molar-refractivity contribution is 6.33. The number of unbranched alkanes of at least 4 members (excludes halogenated alkanes) is 2. The summed E-state index contributed by atoms with van der Waals surface area (Å²) in [5.41, 5.74) is 1.65. The number of benzene rings is 1.